The fourth-order valence-corrected chi connectivity index (χ4v) is 4.50. The maximum atomic E-state index is 12.3. The molecule has 2 bridgehead atoms. The molecule has 2 aliphatic rings. The summed E-state index contributed by atoms with van der Waals surface area (Å²) in [6.07, 6.45) is 5.15. The van der Waals surface area contributed by atoms with Gasteiger partial charge in [-0.25, -0.2) is 0 Å². The van der Waals surface area contributed by atoms with Crippen LogP contribution in [0.4, 0.5) is 0 Å². The molecule has 3 nitrogen and oxygen atoms in total. The first-order valence-corrected chi connectivity index (χ1v) is 8.65. The number of fused-ring (bicyclic) bond motifs is 2. The van der Waals surface area contributed by atoms with Crippen molar-refractivity contribution in [1.29, 1.82) is 0 Å². The molecule has 3 rings (SSSR count). The topological polar surface area (TPSA) is 32.3 Å². The number of aryl methyl sites for hydroxylation is 1. The summed E-state index contributed by atoms with van der Waals surface area (Å²) in [7, 11) is 0. The number of carbonyl (C=O) groups excluding carboxylic acids is 1. The molecule has 0 spiro atoms. The molecular weight excluding hydrogens is 360 g/mol. The minimum absolute atomic E-state index is 0. The number of thiophene rings is 1. The van der Waals surface area contributed by atoms with Crippen molar-refractivity contribution >= 4 is 45.6 Å². The third-order valence-corrected chi connectivity index (χ3v) is 5.84. The van der Waals surface area contributed by atoms with Crippen LogP contribution in [0.25, 0.3) is 0 Å². The second kappa shape index (κ2) is 7.25. The lowest BCUT2D eigenvalue weighted by Crippen LogP contribution is -2.39. The summed E-state index contributed by atoms with van der Waals surface area (Å²) in [5.41, 5.74) is 0. The highest BCUT2D eigenvalue weighted by Crippen LogP contribution is 2.23. The largest absolute Gasteiger partial charge is 0.341 e. The third-order valence-electron chi connectivity index (χ3n) is 4.08. The molecule has 1 aromatic heterocycles. The maximum absolute atomic E-state index is 12.3. The Kier molecular flexibility index (Phi) is 5.90. The number of amides is 1. The monoisotopic (exact) mass is 378 g/mol. The first-order chi connectivity index (χ1) is 9.20. The van der Waals surface area contributed by atoms with Crippen molar-refractivity contribution in [1.82, 2.24) is 10.2 Å². The molecule has 2 atom stereocenters. The van der Waals surface area contributed by atoms with Crippen LogP contribution >= 0.6 is 39.7 Å². The molecule has 112 valence electrons. The Bertz CT molecular complexity index is 468. The molecule has 2 aliphatic heterocycles. The fraction of sp³-hybridized carbons (Fsp3) is 0.643. The Morgan fingerprint density at radius 3 is 2.95 bits per heavy atom. The van der Waals surface area contributed by atoms with Crippen LogP contribution < -0.4 is 5.32 Å². The average Bonchev–Trinajstić information content (AvgIpc) is 2.92. The van der Waals surface area contributed by atoms with E-state index >= 15 is 0 Å². The Labute approximate surface area is 138 Å². The summed E-state index contributed by atoms with van der Waals surface area (Å²) < 4.78 is 1.12. The normalized spacial score (nSPS) is 25.1. The van der Waals surface area contributed by atoms with E-state index in [4.69, 9.17) is 0 Å². The Morgan fingerprint density at radius 1 is 1.40 bits per heavy atom. The van der Waals surface area contributed by atoms with Gasteiger partial charge < -0.3 is 10.2 Å². The molecule has 0 saturated carbocycles. The van der Waals surface area contributed by atoms with Gasteiger partial charge in [0, 0.05) is 46.3 Å². The maximum Gasteiger partial charge on any atom is 0.222 e. The van der Waals surface area contributed by atoms with E-state index in [1.54, 1.807) is 11.3 Å². The molecule has 0 radical (unpaired) electrons. The Balaban J connectivity index is 0.00000147. The SMILES string of the molecule is Cl.O=C(CCc1cc(Br)cs1)N1CCC2CCC(C1)N2. The Hall–Kier alpha value is -0.100. The third kappa shape index (κ3) is 3.97. The molecule has 2 fully saturated rings. The number of nitrogens with one attached hydrogen (secondary N) is 1. The predicted octanol–water partition coefficient (Wildman–Crippen LogP) is 3.22. The lowest BCUT2D eigenvalue weighted by atomic mass is 10.1. The average molecular weight is 380 g/mol. The zero-order valence-corrected chi connectivity index (χ0v) is 14.5. The molecule has 1 N–H and O–H groups in total. The van der Waals surface area contributed by atoms with Crippen molar-refractivity contribution < 1.29 is 4.79 Å². The number of rotatable bonds is 3. The molecule has 3 heterocycles. The van der Waals surface area contributed by atoms with E-state index in [-0.39, 0.29) is 12.4 Å². The van der Waals surface area contributed by atoms with Crippen LogP contribution in [-0.2, 0) is 11.2 Å². The molecule has 1 amide bonds. The molecule has 0 aliphatic carbocycles. The van der Waals surface area contributed by atoms with Crippen LogP contribution in [0.15, 0.2) is 15.9 Å². The van der Waals surface area contributed by atoms with Crippen LogP contribution in [0.3, 0.4) is 0 Å². The second-order valence-corrected chi connectivity index (χ2v) is 7.41. The minimum Gasteiger partial charge on any atom is -0.341 e. The van der Waals surface area contributed by atoms with Gasteiger partial charge >= 0.3 is 0 Å². The second-order valence-electron chi connectivity index (χ2n) is 5.50. The quantitative estimate of drug-likeness (QED) is 0.874. The van der Waals surface area contributed by atoms with Gasteiger partial charge in [-0.3, -0.25) is 4.79 Å². The van der Waals surface area contributed by atoms with Gasteiger partial charge in [-0.15, -0.1) is 23.7 Å². The highest BCUT2D eigenvalue weighted by atomic mass is 79.9. The van der Waals surface area contributed by atoms with Crippen molar-refractivity contribution in [2.45, 2.75) is 44.2 Å². The summed E-state index contributed by atoms with van der Waals surface area (Å²) in [6, 6.07) is 3.30. The molecule has 2 unspecified atom stereocenters. The number of halogens is 2. The van der Waals surface area contributed by atoms with E-state index in [1.165, 1.54) is 17.7 Å². The first kappa shape index (κ1) is 16.3. The molecule has 1 aromatic rings. The van der Waals surface area contributed by atoms with E-state index in [0.29, 0.717) is 24.4 Å². The summed E-state index contributed by atoms with van der Waals surface area (Å²) in [4.78, 5) is 15.7. The van der Waals surface area contributed by atoms with Crippen molar-refractivity contribution in [2.75, 3.05) is 13.1 Å². The molecule has 20 heavy (non-hydrogen) atoms. The van der Waals surface area contributed by atoms with E-state index in [9.17, 15) is 4.79 Å². The lowest BCUT2D eigenvalue weighted by molar-refractivity contribution is -0.131. The van der Waals surface area contributed by atoms with Crippen molar-refractivity contribution in [3.8, 4) is 0 Å². The highest BCUT2D eigenvalue weighted by molar-refractivity contribution is 9.10. The Morgan fingerprint density at radius 2 is 2.20 bits per heavy atom. The molecular formula is C14H20BrClN2OS. The molecule has 0 aromatic carbocycles. The number of hydrogen-bond donors (Lipinski definition) is 1. The van der Waals surface area contributed by atoms with Crippen LogP contribution in [0.5, 0.6) is 0 Å². The summed E-state index contributed by atoms with van der Waals surface area (Å²) in [6.45, 7) is 1.84. The number of hydrogen-bond acceptors (Lipinski definition) is 3. The standard InChI is InChI=1S/C14H19BrN2OS.ClH/c15-10-7-13(19-9-10)3-4-14(18)17-6-5-11-1-2-12(8-17)16-11;/h7,9,11-12,16H,1-6,8H2;1H. The van der Waals surface area contributed by atoms with E-state index in [1.807, 2.05) is 0 Å². The van der Waals surface area contributed by atoms with Crippen LogP contribution in [-0.4, -0.2) is 36.0 Å². The van der Waals surface area contributed by atoms with Gasteiger partial charge in [0.15, 0.2) is 0 Å². The van der Waals surface area contributed by atoms with Crippen molar-refractivity contribution in [3.63, 3.8) is 0 Å². The van der Waals surface area contributed by atoms with E-state index in [0.717, 1.165) is 30.4 Å². The van der Waals surface area contributed by atoms with E-state index in [2.05, 4.69) is 37.6 Å². The molecule has 6 heteroatoms. The summed E-state index contributed by atoms with van der Waals surface area (Å²) >= 11 is 5.18. The highest BCUT2D eigenvalue weighted by Gasteiger charge is 2.30. The molecule has 2 saturated heterocycles. The van der Waals surface area contributed by atoms with Crippen LogP contribution in [0.2, 0.25) is 0 Å². The smallest absolute Gasteiger partial charge is 0.222 e. The number of nitrogens with zero attached hydrogens (tertiary/aromatic N) is 1. The zero-order chi connectivity index (χ0) is 13.2. The van der Waals surface area contributed by atoms with Gasteiger partial charge in [-0.2, -0.15) is 0 Å². The first-order valence-electron chi connectivity index (χ1n) is 6.97. The van der Waals surface area contributed by atoms with Gasteiger partial charge in [0.2, 0.25) is 5.91 Å². The predicted molar refractivity (Wildman–Crippen MR) is 88.7 cm³/mol. The van der Waals surface area contributed by atoms with Gasteiger partial charge in [-0.05, 0) is 47.7 Å². The van der Waals surface area contributed by atoms with Crippen molar-refractivity contribution in [2.24, 2.45) is 0 Å². The zero-order valence-electron chi connectivity index (χ0n) is 11.3. The van der Waals surface area contributed by atoms with Gasteiger partial charge in [0.05, 0.1) is 0 Å². The van der Waals surface area contributed by atoms with Crippen LogP contribution in [0, 0.1) is 0 Å². The van der Waals surface area contributed by atoms with Crippen molar-refractivity contribution in [3.05, 3.63) is 20.8 Å². The number of likely N-dealkylation sites (tertiary alicyclic amines) is 1. The van der Waals surface area contributed by atoms with E-state index < -0.39 is 0 Å². The van der Waals surface area contributed by atoms with Crippen LogP contribution in [0.1, 0.15) is 30.6 Å². The summed E-state index contributed by atoms with van der Waals surface area (Å²) in [5.74, 6) is 0.318. The fourth-order valence-electron chi connectivity index (χ4n) is 3.04. The van der Waals surface area contributed by atoms with Gasteiger partial charge in [0.1, 0.15) is 0 Å². The summed E-state index contributed by atoms with van der Waals surface area (Å²) in [5, 5.41) is 5.69. The lowest BCUT2D eigenvalue weighted by Gasteiger charge is -2.24. The van der Waals surface area contributed by atoms with Gasteiger partial charge in [0.25, 0.3) is 0 Å². The minimum atomic E-state index is 0. The van der Waals surface area contributed by atoms with Gasteiger partial charge in [-0.1, -0.05) is 0 Å². The number of carbonyl (C=O) groups is 1.